The summed E-state index contributed by atoms with van der Waals surface area (Å²) in [6.45, 7) is 5.44. The Kier molecular flexibility index (Phi) is 4.99. The van der Waals surface area contributed by atoms with E-state index in [1.165, 1.54) is 0 Å². The lowest BCUT2D eigenvalue weighted by atomic mass is 10.1. The number of aromatic nitrogens is 2. The van der Waals surface area contributed by atoms with Gasteiger partial charge in [-0.05, 0) is 23.4 Å². The highest BCUT2D eigenvalue weighted by Gasteiger charge is 2.32. The van der Waals surface area contributed by atoms with E-state index in [4.69, 9.17) is 0 Å². The molecule has 2 aromatic rings. The fraction of sp³-hybridized carbons (Fsp3) is 0.471. The zero-order valence-corrected chi connectivity index (χ0v) is 14.8. The highest BCUT2D eigenvalue weighted by atomic mass is 32.1. The molecule has 0 saturated carbocycles. The number of nitrogens with zero attached hydrogens (tertiary/aromatic N) is 3. The Morgan fingerprint density at radius 3 is 2.96 bits per heavy atom. The number of amides is 2. The lowest BCUT2D eigenvalue weighted by Gasteiger charge is -2.33. The number of fused-ring (bicyclic) bond motifs is 1. The first-order chi connectivity index (χ1) is 11.5. The van der Waals surface area contributed by atoms with Gasteiger partial charge in [0, 0.05) is 17.5 Å². The summed E-state index contributed by atoms with van der Waals surface area (Å²) in [4.78, 5) is 27.9. The SMILES string of the molecule is CC(C)CC(=O)N1Cc2ccnn2[C@@H](C(=O)NCc2cccs2)C1. The summed E-state index contributed by atoms with van der Waals surface area (Å²) in [5.41, 5.74) is 0.898. The van der Waals surface area contributed by atoms with Crippen molar-refractivity contribution < 1.29 is 9.59 Å². The molecule has 0 aromatic carbocycles. The van der Waals surface area contributed by atoms with E-state index >= 15 is 0 Å². The van der Waals surface area contributed by atoms with Crippen molar-refractivity contribution in [2.45, 2.75) is 39.4 Å². The molecule has 6 nitrogen and oxygen atoms in total. The van der Waals surface area contributed by atoms with Gasteiger partial charge in [-0.1, -0.05) is 19.9 Å². The molecule has 3 rings (SSSR count). The predicted molar refractivity (Wildman–Crippen MR) is 92.3 cm³/mol. The summed E-state index contributed by atoms with van der Waals surface area (Å²) in [5.74, 6) is 0.291. The molecule has 128 valence electrons. The Morgan fingerprint density at radius 2 is 2.25 bits per heavy atom. The molecule has 0 radical (unpaired) electrons. The smallest absolute Gasteiger partial charge is 0.247 e. The van der Waals surface area contributed by atoms with Crippen molar-refractivity contribution >= 4 is 23.2 Å². The summed E-state index contributed by atoms with van der Waals surface area (Å²) in [6.07, 6.45) is 2.18. The maximum atomic E-state index is 12.6. The lowest BCUT2D eigenvalue weighted by Crippen LogP contribution is -2.47. The molecular weight excluding hydrogens is 324 g/mol. The van der Waals surface area contributed by atoms with E-state index in [2.05, 4.69) is 10.4 Å². The molecule has 2 aromatic heterocycles. The molecule has 0 saturated heterocycles. The molecule has 3 heterocycles. The standard InChI is InChI=1S/C17H22N4O2S/c1-12(2)8-16(22)20-10-13-5-6-19-21(13)15(11-20)17(23)18-9-14-4-3-7-24-14/h3-7,12,15H,8-11H2,1-2H3,(H,18,23)/t15-/m1/s1. The Balaban J connectivity index is 1.71. The number of hydrogen-bond donors (Lipinski definition) is 1. The van der Waals surface area contributed by atoms with Crippen LogP contribution in [0.2, 0.25) is 0 Å². The molecule has 24 heavy (non-hydrogen) atoms. The third kappa shape index (κ3) is 3.67. The van der Waals surface area contributed by atoms with Crippen molar-refractivity contribution in [3.63, 3.8) is 0 Å². The van der Waals surface area contributed by atoms with E-state index in [1.807, 2.05) is 37.4 Å². The van der Waals surface area contributed by atoms with Gasteiger partial charge in [0.05, 0.1) is 25.3 Å². The van der Waals surface area contributed by atoms with Crippen LogP contribution in [0, 0.1) is 5.92 Å². The monoisotopic (exact) mass is 346 g/mol. The van der Waals surface area contributed by atoms with Crippen LogP contribution in [0.15, 0.2) is 29.8 Å². The number of rotatable bonds is 5. The molecule has 0 aliphatic carbocycles. The van der Waals surface area contributed by atoms with E-state index in [1.54, 1.807) is 27.1 Å². The van der Waals surface area contributed by atoms with Gasteiger partial charge in [0.15, 0.2) is 0 Å². The van der Waals surface area contributed by atoms with Crippen molar-refractivity contribution in [1.82, 2.24) is 20.0 Å². The van der Waals surface area contributed by atoms with Crippen molar-refractivity contribution in [3.05, 3.63) is 40.3 Å². The van der Waals surface area contributed by atoms with Crippen LogP contribution in [0.4, 0.5) is 0 Å². The van der Waals surface area contributed by atoms with Gasteiger partial charge >= 0.3 is 0 Å². The molecular formula is C17H22N4O2S. The van der Waals surface area contributed by atoms with Crippen LogP contribution in [0.25, 0.3) is 0 Å². The molecule has 1 atom stereocenters. The van der Waals surface area contributed by atoms with Gasteiger partial charge in [0.25, 0.3) is 0 Å². The van der Waals surface area contributed by atoms with E-state index < -0.39 is 6.04 Å². The Morgan fingerprint density at radius 1 is 1.42 bits per heavy atom. The highest BCUT2D eigenvalue weighted by molar-refractivity contribution is 7.09. The minimum absolute atomic E-state index is 0.0912. The van der Waals surface area contributed by atoms with Crippen molar-refractivity contribution in [1.29, 1.82) is 0 Å². The highest BCUT2D eigenvalue weighted by Crippen LogP contribution is 2.22. The van der Waals surface area contributed by atoms with Crippen molar-refractivity contribution in [2.75, 3.05) is 6.54 Å². The molecule has 0 bridgehead atoms. The van der Waals surface area contributed by atoms with Gasteiger partial charge in [-0.15, -0.1) is 11.3 Å². The molecule has 1 aliphatic heterocycles. The van der Waals surface area contributed by atoms with E-state index in [0.29, 0.717) is 32.0 Å². The fourth-order valence-corrected chi connectivity index (χ4v) is 3.51. The summed E-state index contributed by atoms with van der Waals surface area (Å²) >= 11 is 1.61. The van der Waals surface area contributed by atoms with Crippen LogP contribution in [0.5, 0.6) is 0 Å². The van der Waals surface area contributed by atoms with Gasteiger partial charge in [-0.25, -0.2) is 0 Å². The third-order valence-corrected chi connectivity index (χ3v) is 4.93. The zero-order valence-electron chi connectivity index (χ0n) is 13.9. The summed E-state index contributed by atoms with van der Waals surface area (Å²) < 4.78 is 1.74. The first-order valence-electron chi connectivity index (χ1n) is 8.15. The van der Waals surface area contributed by atoms with E-state index in [9.17, 15) is 9.59 Å². The normalized spacial score (nSPS) is 17.0. The second-order valence-corrected chi connectivity index (χ2v) is 7.48. The van der Waals surface area contributed by atoms with Gasteiger partial charge in [-0.3, -0.25) is 14.3 Å². The minimum atomic E-state index is -0.472. The average Bonchev–Trinajstić information content (AvgIpc) is 3.21. The Hall–Kier alpha value is -2.15. The molecule has 0 fully saturated rings. The first kappa shape index (κ1) is 16.7. The predicted octanol–water partition coefficient (Wildman–Crippen LogP) is 2.19. The van der Waals surface area contributed by atoms with E-state index in [-0.39, 0.29) is 11.8 Å². The largest absolute Gasteiger partial charge is 0.349 e. The number of carbonyl (C=O) groups is 2. The summed E-state index contributed by atoms with van der Waals surface area (Å²) in [6, 6.07) is 5.35. The van der Waals surface area contributed by atoms with Crippen LogP contribution >= 0.6 is 11.3 Å². The number of hydrogen-bond acceptors (Lipinski definition) is 4. The first-order valence-corrected chi connectivity index (χ1v) is 9.03. The second-order valence-electron chi connectivity index (χ2n) is 6.45. The maximum absolute atomic E-state index is 12.6. The van der Waals surface area contributed by atoms with Gasteiger partial charge < -0.3 is 10.2 Å². The maximum Gasteiger partial charge on any atom is 0.247 e. The molecule has 1 N–H and O–H groups in total. The summed E-state index contributed by atoms with van der Waals surface area (Å²) in [7, 11) is 0. The third-order valence-electron chi connectivity index (χ3n) is 4.05. The average molecular weight is 346 g/mol. The minimum Gasteiger partial charge on any atom is -0.349 e. The quantitative estimate of drug-likeness (QED) is 0.902. The number of carbonyl (C=O) groups excluding carboxylic acids is 2. The van der Waals surface area contributed by atoms with Crippen LogP contribution in [-0.4, -0.2) is 33.0 Å². The number of thiophene rings is 1. The van der Waals surface area contributed by atoms with Crippen molar-refractivity contribution in [3.8, 4) is 0 Å². The second kappa shape index (κ2) is 7.17. The molecule has 0 unspecified atom stereocenters. The fourth-order valence-electron chi connectivity index (χ4n) is 2.86. The van der Waals surface area contributed by atoms with Gasteiger partial charge in [0.1, 0.15) is 6.04 Å². The molecule has 1 aliphatic rings. The van der Waals surface area contributed by atoms with Crippen LogP contribution in [-0.2, 0) is 22.7 Å². The molecule has 7 heteroatoms. The summed E-state index contributed by atoms with van der Waals surface area (Å²) in [5, 5.41) is 9.22. The number of nitrogens with one attached hydrogen (secondary N) is 1. The van der Waals surface area contributed by atoms with Crippen molar-refractivity contribution in [2.24, 2.45) is 5.92 Å². The van der Waals surface area contributed by atoms with Crippen LogP contribution in [0.3, 0.4) is 0 Å². The van der Waals surface area contributed by atoms with Gasteiger partial charge in [0.2, 0.25) is 11.8 Å². The molecule has 2 amide bonds. The topological polar surface area (TPSA) is 67.2 Å². The molecule has 0 spiro atoms. The van der Waals surface area contributed by atoms with Gasteiger partial charge in [-0.2, -0.15) is 5.10 Å². The Labute approximate surface area is 145 Å². The lowest BCUT2D eigenvalue weighted by molar-refractivity contribution is -0.136. The van der Waals surface area contributed by atoms with E-state index in [0.717, 1.165) is 10.6 Å². The zero-order chi connectivity index (χ0) is 17.1. The van der Waals surface area contributed by atoms with Crippen LogP contribution in [0.1, 0.15) is 36.9 Å². The Bertz CT molecular complexity index is 708. The van der Waals surface area contributed by atoms with Crippen LogP contribution < -0.4 is 5.32 Å².